The number of anilines is 1. The van der Waals surface area contributed by atoms with Crippen LogP contribution in [0.5, 0.6) is 0 Å². The van der Waals surface area contributed by atoms with Crippen molar-refractivity contribution in [1.82, 2.24) is 19.3 Å². The maximum atomic E-state index is 13.1. The van der Waals surface area contributed by atoms with Gasteiger partial charge in [-0.1, -0.05) is 18.2 Å². The summed E-state index contributed by atoms with van der Waals surface area (Å²) in [6.07, 6.45) is 0.588. The van der Waals surface area contributed by atoms with E-state index in [0.29, 0.717) is 17.9 Å². The average Bonchev–Trinajstić information content (AvgIpc) is 3.26. The van der Waals surface area contributed by atoms with Gasteiger partial charge in [-0.3, -0.25) is 9.59 Å². The van der Waals surface area contributed by atoms with Gasteiger partial charge in [0, 0.05) is 36.4 Å². The Balaban J connectivity index is 1.62. The Morgan fingerprint density at radius 3 is 2.61 bits per heavy atom. The van der Waals surface area contributed by atoms with Crippen molar-refractivity contribution >= 4 is 11.6 Å². The highest BCUT2D eigenvalue weighted by atomic mass is 19.4. The van der Waals surface area contributed by atoms with Gasteiger partial charge in [0.05, 0.1) is 17.6 Å². The number of rotatable bonds is 5. The molecule has 0 aliphatic carbocycles. The maximum absolute atomic E-state index is 13.1. The average molecular weight is 453 g/mol. The van der Waals surface area contributed by atoms with Gasteiger partial charge in [0.2, 0.25) is 5.43 Å². The van der Waals surface area contributed by atoms with Crippen LogP contribution in [-0.2, 0) is 12.7 Å². The zero-order valence-electron chi connectivity index (χ0n) is 17.4. The lowest BCUT2D eigenvalue weighted by atomic mass is 10.2. The van der Waals surface area contributed by atoms with Gasteiger partial charge in [-0.25, -0.2) is 9.67 Å². The molecular weight excluding hydrogens is 435 g/mol. The highest BCUT2D eigenvalue weighted by Gasteiger charge is 2.30. The molecule has 0 spiro atoms. The van der Waals surface area contributed by atoms with Crippen LogP contribution in [0.4, 0.5) is 18.9 Å². The van der Waals surface area contributed by atoms with Crippen molar-refractivity contribution in [2.45, 2.75) is 19.6 Å². The number of imidazole rings is 1. The number of hydrogen-bond acceptors (Lipinski definition) is 4. The molecule has 1 N–H and O–H groups in total. The van der Waals surface area contributed by atoms with Crippen LogP contribution in [0.1, 0.15) is 27.3 Å². The zero-order chi connectivity index (χ0) is 23.6. The monoisotopic (exact) mass is 453 g/mol. The Kier molecular flexibility index (Phi) is 5.82. The molecule has 0 saturated carbocycles. The van der Waals surface area contributed by atoms with E-state index in [9.17, 15) is 22.8 Å². The third-order valence-corrected chi connectivity index (χ3v) is 4.85. The molecule has 0 atom stereocenters. The molecule has 7 nitrogen and oxygen atoms in total. The van der Waals surface area contributed by atoms with E-state index in [1.54, 1.807) is 36.9 Å². The maximum Gasteiger partial charge on any atom is 0.416 e. The Bertz CT molecular complexity index is 1360. The first-order valence-corrected chi connectivity index (χ1v) is 9.85. The smallest absolute Gasteiger partial charge is 0.333 e. The van der Waals surface area contributed by atoms with Crippen molar-refractivity contribution in [3.8, 4) is 5.69 Å². The highest BCUT2D eigenvalue weighted by Crippen LogP contribution is 2.30. The Hall–Kier alpha value is -4.21. The van der Waals surface area contributed by atoms with Crippen molar-refractivity contribution in [3.05, 3.63) is 106 Å². The molecular formula is C23H18F3N5O2. The van der Waals surface area contributed by atoms with E-state index in [1.165, 1.54) is 19.1 Å². The summed E-state index contributed by atoms with van der Waals surface area (Å²) in [5.41, 5.74) is -0.215. The number of benzene rings is 2. The van der Waals surface area contributed by atoms with Crippen molar-refractivity contribution in [1.29, 1.82) is 0 Å². The van der Waals surface area contributed by atoms with Gasteiger partial charge in [-0.2, -0.15) is 18.3 Å². The molecule has 168 valence electrons. The third kappa shape index (κ3) is 5.00. The van der Waals surface area contributed by atoms with Crippen LogP contribution in [0.25, 0.3) is 5.69 Å². The largest absolute Gasteiger partial charge is 0.416 e. The molecule has 2 aromatic carbocycles. The first-order valence-electron chi connectivity index (χ1n) is 9.85. The van der Waals surface area contributed by atoms with E-state index >= 15 is 0 Å². The summed E-state index contributed by atoms with van der Waals surface area (Å²) < 4.78 is 42.3. The van der Waals surface area contributed by atoms with Crippen LogP contribution >= 0.6 is 0 Å². The summed E-state index contributed by atoms with van der Waals surface area (Å²) in [6.45, 7) is 2.06. The first kappa shape index (κ1) is 22.0. The summed E-state index contributed by atoms with van der Waals surface area (Å²) in [4.78, 5) is 29.2. The predicted octanol–water partition coefficient (Wildman–Crippen LogP) is 4.06. The van der Waals surface area contributed by atoms with Crippen LogP contribution in [-0.4, -0.2) is 25.2 Å². The zero-order valence-corrected chi connectivity index (χ0v) is 17.4. The molecule has 2 aromatic heterocycles. The fourth-order valence-electron chi connectivity index (χ4n) is 3.31. The van der Waals surface area contributed by atoms with Crippen molar-refractivity contribution in [2.24, 2.45) is 0 Å². The molecule has 4 rings (SSSR count). The number of aromatic nitrogens is 4. The molecule has 2 heterocycles. The summed E-state index contributed by atoms with van der Waals surface area (Å²) in [6, 6.07) is 12.7. The lowest BCUT2D eigenvalue weighted by molar-refractivity contribution is -0.137. The molecule has 0 unspecified atom stereocenters. The van der Waals surface area contributed by atoms with Gasteiger partial charge in [0.1, 0.15) is 0 Å². The van der Waals surface area contributed by atoms with Crippen molar-refractivity contribution in [2.75, 3.05) is 5.32 Å². The highest BCUT2D eigenvalue weighted by molar-refractivity contribution is 6.02. The van der Waals surface area contributed by atoms with Crippen LogP contribution in [0.15, 0.2) is 78.1 Å². The standard InChI is InChI=1S/C23H18F3N5O2/c1-15-10-20(32)21(29-31(15)19-7-3-5-17(12-19)23(24,25)26)22(33)28-18-6-2-4-16(11-18)13-30-9-8-27-14-30/h2-12,14H,13H2,1H3,(H,28,33). The molecule has 0 bridgehead atoms. The second-order valence-corrected chi connectivity index (χ2v) is 7.35. The number of aryl methyl sites for hydroxylation is 1. The van der Waals surface area contributed by atoms with Gasteiger partial charge in [0.25, 0.3) is 5.91 Å². The number of halogens is 3. The molecule has 0 fully saturated rings. The third-order valence-electron chi connectivity index (χ3n) is 4.85. The van der Waals surface area contributed by atoms with E-state index < -0.39 is 28.8 Å². The van der Waals surface area contributed by atoms with Gasteiger partial charge < -0.3 is 9.88 Å². The Morgan fingerprint density at radius 1 is 1.09 bits per heavy atom. The molecule has 1 amide bonds. The first-order chi connectivity index (χ1) is 15.7. The van der Waals surface area contributed by atoms with E-state index in [2.05, 4.69) is 15.4 Å². The molecule has 0 radical (unpaired) electrons. The lowest BCUT2D eigenvalue weighted by Gasteiger charge is -2.14. The second kappa shape index (κ2) is 8.73. The second-order valence-electron chi connectivity index (χ2n) is 7.35. The fraction of sp³-hybridized carbons (Fsp3) is 0.130. The van der Waals surface area contributed by atoms with Gasteiger partial charge in [-0.15, -0.1) is 0 Å². The van der Waals surface area contributed by atoms with Gasteiger partial charge in [0.15, 0.2) is 5.69 Å². The van der Waals surface area contributed by atoms with Gasteiger partial charge >= 0.3 is 6.18 Å². The predicted molar refractivity (Wildman–Crippen MR) is 115 cm³/mol. The number of hydrogen-bond donors (Lipinski definition) is 1. The molecule has 10 heteroatoms. The topological polar surface area (TPSA) is 81.8 Å². The van der Waals surface area contributed by atoms with E-state index in [0.717, 1.165) is 28.4 Å². The van der Waals surface area contributed by atoms with E-state index in [1.807, 2.05) is 10.6 Å². The van der Waals surface area contributed by atoms with E-state index in [-0.39, 0.29) is 5.69 Å². The Labute approximate surface area is 186 Å². The summed E-state index contributed by atoms with van der Waals surface area (Å²) in [5.74, 6) is -0.763. The van der Waals surface area contributed by atoms with Crippen molar-refractivity contribution in [3.63, 3.8) is 0 Å². The molecule has 0 aliphatic heterocycles. The Morgan fingerprint density at radius 2 is 1.88 bits per heavy atom. The number of alkyl halides is 3. The number of amides is 1. The van der Waals surface area contributed by atoms with Gasteiger partial charge in [-0.05, 0) is 42.8 Å². The molecule has 0 saturated heterocycles. The molecule has 4 aromatic rings. The summed E-state index contributed by atoms with van der Waals surface area (Å²) >= 11 is 0. The van der Waals surface area contributed by atoms with Crippen LogP contribution < -0.4 is 10.7 Å². The molecule has 33 heavy (non-hydrogen) atoms. The fourth-order valence-corrected chi connectivity index (χ4v) is 3.31. The number of nitrogens with zero attached hydrogens (tertiary/aromatic N) is 4. The quantitative estimate of drug-likeness (QED) is 0.494. The molecule has 0 aliphatic rings. The van der Waals surface area contributed by atoms with E-state index in [4.69, 9.17) is 0 Å². The minimum Gasteiger partial charge on any atom is -0.333 e. The van der Waals surface area contributed by atoms with Crippen LogP contribution in [0.2, 0.25) is 0 Å². The normalized spacial score (nSPS) is 11.4. The minimum atomic E-state index is -4.54. The SMILES string of the molecule is Cc1cc(=O)c(C(=O)Nc2cccc(Cn3ccnc3)c2)nn1-c1cccc(C(F)(F)F)c1. The lowest BCUT2D eigenvalue weighted by Crippen LogP contribution is -2.27. The van der Waals surface area contributed by atoms with Crippen LogP contribution in [0, 0.1) is 6.92 Å². The summed E-state index contributed by atoms with van der Waals surface area (Å²) in [7, 11) is 0. The number of carbonyl (C=O) groups excluding carboxylic acids is 1. The number of nitrogens with one attached hydrogen (secondary N) is 1. The van der Waals surface area contributed by atoms with Crippen LogP contribution in [0.3, 0.4) is 0 Å². The number of carbonyl (C=O) groups is 1. The van der Waals surface area contributed by atoms with Crippen molar-refractivity contribution < 1.29 is 18.0 Å². The summed E-state index contributed by atoms with van der Waals surface area (Å²) in [5, 5.41) is 6.69. The minimum absolute atomic E-state index is 0.0821.